The molecule has 0 unspecified atom stereocenters. The summed E-state index contributed by atoms with van der Waals surface area (Å²) in [4.78, 5) is 0. The molecule has 0 aromatic carbocycles. The molecular formula is C7H18Cl2MgO3Si. The summed E-state index contributed by atoms with van der Waals surface area (Å²) in [5.74, 6) is 0. The third kappa shape index (κ3) is 11.5. The second-order valence-electron chi connectivity index (χ2n) is 2.16. The maximum Gasteiger partial charge on any atom is 2.00 e. The Bertz CT molecular complexity index is 93.9. The zero-order valence-corrected chi connectivity index (χ0v) is 13.2. The van der Waals surface area contributed by atoms with Crippen LogP contribution in [0.4, 0.5) is 0 Å². The van der Waals surface area contributed by atoms with Gasteiger partial charge in [0.05, 0.1) is 0 Å². The van der Waals surface area contributed by atoms with E-state index in [1.807, 2.05) is 27.3 Å². The second-order valence-corrected chi connectivity index (χ2v) is 4.75. The van der Waals surface area contributed by atoms with E-state index in [0.29, 0.717) is 19.8 Å². The van der Waals surface area contributed by atoms with Gasteiger partial charge in [-0.15, -0.1) is 0 Å². The van der Waals surface area contributed by atoms with Crippen molar-refractivity contribution in [3.63, 3.8) is 0 Å². The van der Waals surface area contributed by atoms with Crippen molar-refractivity contribution in [1.29, 1.82) is 0 Å². The molecule has 0 aromatic heterocycles. The van der Waals surface area contributed by atoms with E-state index >= 15 is 0 Å². The summed E-state index contributed by atoms with van der Waals surface area (Å²) in [6.45, 7) is 9.73. The van der Waals surface area contributed by atoms with Crippen molar-refractivity contribution in [2.24, 2.45) is 0 Å². The Hall–Kier alpha value is 1.44. The maximum atomic E-state index is 5.40. The van der Waals surface area contributed by atoms with E-state index < -0.39 is 8.80 Å². The van der Waals surface area contributed by atoms with Gasteiger partial charge in [0.25, 0.3) is 0 Å². The fourth-order valence-electron chi connectivity index (χ4n) is 0.912. The maximum absolute atomic E-state index is 5.40. The minimum Gasteiger partial charge on any atom is -1.00 e. The Morgan fingerprint density at radius 1 is 0.786 bits per heavy atom. The molecule has 84 valence electrons. The Kier molecular flexibility index (Phi) is 25.4. The average Bonchev–Trinajstić information content (AvgIpc) is 1.88. The van der Waals surface area contributed by atoms with Gasteiger partial charge in [-0.25, -0.2) is 0 Å². The van der Waals surface area contributed by atoms with E-state index in [1.54, 1.807) is 0 Å². The van der Waals surface area contributed by atoms with Gasteiger partial charge in [-0.1, -0.05) is 0 Å². The van der Waals surface area contributed by atoms with Gasteiger partial charge in [0, 0.05) is 26.4 Å². The summed E-state index contributed by atoms with van der Waals surface area (Å²) in [5, 5.41) is 0. The Morgan fingerprint density at radius 3 is 1.14 bits per heavy atom. The van der Waals surface area contributed by atoms with E-state index in [2.05, 4.69) is 0 Å². The third-order valence-corrected chi connectivity index (χ3v) is 3.66. The molecule has 0 atom stereocenters. The zero-order chi connectivity index (χ0) is 8.74. The van der Waals surface area contributed by atoms with Crippen molar-refractivity contribution in [3.05, 3.63) is 0 Å². The van der Waals surface area contributed by atoms with Gasteiger partial charge in [0.15, 0.2) is 0 Å². The first-order chi connectivity index (χ1) is 5.18. The van der Waals surface area contributed by atoms with Crippen LogP contribution in [0.1, 0.15) is 20.8 Å². The third-order valence-electron chi connectivity index (χ3n) is 1.22. The fourth-order valence-corrected chi connectivity index (χ4v) is 2.73. The van der Waals surface area contributed by atoms with Crippen molar-refractivity contribution in [2.75, 3.05) is 19.8 Å². The van der Waals surface area contributed by atoms with Gasteiger partial charge in [0.2, 0.25) is 0 Å². The molecule has 14 heavy (non-hydrogen) atoms. The molecule has 7 heteroatoms. The summed E-state index contributed by atoms with van der Waals surface area (Å²) in [6, 6.07) is 0. The quantitative estimate of drug-likeness (QED) is 0.455. The summed E-state index contributed by atoms with van der Waals surface area (Å²) < 4.78 is 16.2. The van der Waals surface area contributed by atoms with Crippen LogP contribution in [0.5, 0.6) is 0 Å². The summed E-state index contributed by atoms with van der Waals surface area (Å²) in [6.07, 6.45) is 0. The van der Waals surface area contributed by atoms with E-state index in [0.717, 1.165) is 0 Å². The predicted molar refractivity (Wildman–Crippen MR) is 52.3 cm³/mol. The molecule has 0 fully saturated rings. The minimum atomic E-state index is -2.25. The first-order valence-corrected chi connectivity index (χ1v) is 6.32. The molecule has 3 nitrogen and oxygen atoms in total. The van der Waals surface area contributed by atoms with Gasteiger partial charge < -0.3 is 38.1 Å². The molecule has 0 aliphatic carbocycles. The van der Waals surface area contributed by atoms with Crippen LogP contribution in [0.15, 0.2) is 0 Å². The molecule has 0 N–H and O–H groups in total. The van der Waals surface area contributed by atoms with Crippen molar-refractivity contribution >= 4 is 31.9 Å². The van der Waals surface area contributed by atoms with E-state index in [-0.39, 0.29) is 47.9 Å². The van der Waals surface area contributed by atoms with Crippen molar-refractivity contribution in [1.82, 2.24) is 0 Å². The van der Waals surface area contributed by atoms with Gasteiger partial charge in [-0.2, -0.15) is 0 Å². The van der Waals surface area contributed by atoms with Crippen LogP contribution in [0.2, 0.25) is 6.55 Å². The Balaban J connectivity index is -0.000000167. The van der Waals surface area contributed by atoms with Gasteiger partial charge in [-0.05, 0) is 20.8 Å². The van der Waals surface area contributed by atoms with Crippen LogP contribution in [0.3, 0.4) is 0 Å². The summed E-state index contributed by atoms with van der Waals surface area (Å²) >= 11 is 0. The van der Waals surface area contributed by atoms with Crippen LogP contribution in [-0.4, -0.2) is 51.7 Å². The molecule has 0 spiro atoms. The molecule has 0 radical (unpaired) electrons. The van der Waals surface area contributed by atoms with E-state index in [4.69, 9.17) is 13.3 Å². The zero-order valence-electron chi connectivity index (χ0n) is 9.31. The van der Waals surface area contributed by atoms with Crippen LogP contribution < -0.4 is 24.8 Å². The number of rotatable bonds is 6. The topological polar surface area (TPSA) is 27.7 Å². The largest absolute Gasteiger partial charge is 2.00 e. The smallest absolute Gasteiger partial charge is 1.00 e. The molecule has 0 saturated carbocycles. The van der Waals surface area contributed by atoms with Gasteiger partial charge in [-0.3, -0.25) is 0 Å². The van der Waals surface area contributed by atoms with Gasteiger partial charge >= 0.3 is 31.9 Å². The first kappa shape index (κ1) is 24.6. The number of hydrogen-bond donors (Lipinski definition) is 0. The minimum absolute atomic E-state index is 0. The second kappa shape index (κ2) is 14.4. The first-order valence-electron chi connectivity index (χ1n) is 4.10. The Labute approximate surface area is 117 Å². The fraction of sp³-hybridized carbons (Fsp3) is 1.00. The molecule has 0 heterocycles. The Morgan fingerprint density at radius 2 is 1.00 bits per heavy atom. The van der Waals surface area contributed by atoms with Crippen molar-refractivity contribution < 1.29 is 38.1 Å². The molecule has 0 rings (SSSR count). The van der Waals surface area contributed by atoms with Crippen LogP contribution in [0, 0.1) is 0 Å². The predicted octanol–water partition coefficient (Wildman–Crippen LogP) is -4.71. The SMILES string of the molecule is CCO[Si](C)(OCC)OCC.[Cl-].[Cl-].[Mg+2]. The number of hydrogen-bond acceptors (Lipinski definition) is 3. The van der Waals surface area contributed by atoms with E-state index in [1.165, 1.54) is 0 Å². The van der Waals surface area contributed by atoms with E-state index in [9.17, 15) is 0 Å². The molecular weight excluding hydrogens is 255 g/mol. The molecule has 0 bridgehead atoms. The average molecular weight is 274 g/mol. The molecule has 0 aliphatic rings. The molecule has 0 aromatic rings. The standard InChI is InChI=1S/C7H18O3Si.2ClH.Mg/c1-5-8-11(4,9-6-2)10-7-3;;;/h5-7H2,1-4H3;2*1H;/q;;;+2/p-2. The normalized spacial score (nSPS) is 9.43. The molecule has 0 amide bonds. The summed E-state index contributed by atoms with van der Waals surface area (Å²) in [5.41, 5.74) is 0. The monoisotopic (exact) mass is 272 g/mol. The summed E-state index contributed by atoms with van der Waals surface area (Å²) in [7, 11) is -2.25. The number of halogens is 2. The molecule has 0 aliphatic heterocycles. The van der Waals surface area contributed by atoms with Crippen molar-refractivity contribution in [2.45, 2.75) is 27.3 Å². The van der Waals surface area contributed by atoms with Gasteiger partial charge in [0.1, 0.15) is 0 Å². The van der Waals surface area contributed by atoms with Crippen molar-refractivity contribution in [3.8, 4) is 0 Å². The van der Waals surface area contributed by atoms with Crippen LogP contribution in [0.25, 0.3) is 0 Å². The van der Waals surface area contributed by atoms with Crippen LogP contribution >= 0.6 is 0 Å². The molecule has 0 saturated heterocycles. The van der Waals surface area contributed by atoms with Crippen LogP contribution in [-0.2, 0) is 13.3 Å².